The van der Waals surface area contributed by atoms with Crippen LogP contribution in [-0.4, -0.2) is 60.3 Å². The Morgan fingerprint density at radius 3 is 2.64 bits per heavy atom. The molecule has 4 saturated carbocycles. The summed E-state index contributed by atoms with van der Waals surface area (Å²) in [7, 11) is 0. The van der Waals surface area contributed by atoms with Crippen molar-refractivity contribution in [2.75, 3.05) is 11.9 Å². The Bertz CT molecular complexity index is 1480. The summed E-state index contributed by atoms with van der Waals surface area (Å²) < 4.78 is 29.8. The minimum absolute atomic E-state index is 0.196. The minimum atomic E-state index is -2.09. The molecule has 0 spiro atoms. The Kier molecular flexibility index (Phi) is 5.88. The number of nitrogens with one attached hydrogen (secondary N) is 2. The molecule has 0 aliphatic heterocycles. The van der Waals surface area contributed by atoms with Crippen molar-refractivity contribution in [1.29, 1.82) is 5.26 Å². The second-order valence-corrected chi connectivity index (χ2v) is 12.2. The van der Waals surface area contributed by atoms with E-state index in [0.29, 0.717) is 46.4 Å². The largest absolute Gasteiger partial charge is 0.390 e. The fourth-order valence-corrected chi connectivity index (χ4v) is 7.16. The maximum atomic E-state index is 14.3. The molecule has 3 aromatic rings. The highest BCUT2D eigenvalue weighted by atomic mass is 19.2. The Morgan fingerprint density at radius 2 is 1.97 bits per heavy atom. The van der Waals surface area contributed by atoms with Crippen molar-refractivity contribution in [3.05, 3.63) is 41.9 Å². The number of nitriles is 1. The number of aromatic nitrogens is 4. The third-order valence-electron chi connectivity index (χ3n) is 8.51. The van der Waals surface area contributed by atoms with Gasteiger partial charge >= 0.3 is 0 Å². The molecule has 3 aromatic heterocycles. The van der Waals surface area contributed by atoms with Crippen LogP contribution in [0.5, 0.6) is 0 Å². The molecule has 204 valence electrons. The first-order valence-corrected chi connectivity index (χ1v) is 13.3. The van der Waals surface area contributed by atoms with Gasteiger partial charge in [-0.2, -0.15) is 15.0 Å². The van der Waals surface area contributed by atoms with E-state index in [1.54, 1.807) is 18.3 Å². The molecule has 9 nitrogen and oxygen atoms in total. The first kappa shape index (κ1) is 25.6. The number of aliphatic hydroxyl groups is 1. The Balaban J connectivity index is 1.37. The average Bonchev–Trinajstić information content (AvgIpc) is 3.28. The number of rotatable bonds is 7. The van der Waals surface area contributed by atoms with Crippen LogP contribution in [0.15, 0.2) is 30.7 Å². The summed E-state index contributed by atoms with van der Waals surface area (Å²) in [5, 5.41) is 31.6. The third-order valence-corrected chi connectivity index (χ3v) is 8.51. The Morgan fingerprint density at radius 1 is 1.23 bits per heavy atom. The molecule has 3 N–H and O–H groups in total. The van der Waals surface area contributed by atoms with Gasteiger partial charge in [0.05, 0.1) is 35.2 Å². The van der Waals surface area contributed by atoms with Crippen LogP contribution in [0.1, 0.15) is 68.3 Å². The lowest BCUT2D eigenvalue weighted by Crippen LogP contribution is -2.62. The molecule has 2 unspecified atom stereocenters. The monoisotopic (exact) mass is 535 g/mol. The highest BCUT2D eigenvalue weighted by molar-refractivity contribution is 5.99. The molecule has 4 fully saturated rings. The van der Waals surface area contributed by atoms with E-state index >= 15 is 0 Å². The topological polar surface area (TPSA) is 129 Å². The number of carbonyl (C=O) groups excluding carboxylic acids is 1. The molecule has 39 heavy (non-hydrogen) atoms. The molecule has 0 saturated heterocycles. The molecule has 3 atom stereocenters. The van der Waals surface area contributed by atoms with Gasteiger partial charge in [-0.15, -0.1) is 0 Å². The van der Waals surface area contributed by atoms with Crippen molar-refractivity contribution in [1.82, 2.24) is 25.1 Å². The van der Waals surface area contributed by atoms with Crippen LogP contribution in [0.2, 0.25) is 0 Å². The molecular weight excluding hydrogens is 504 g/mol. The number of pyridine rings is 2. The molecule has 4 aliphatic rings. The van der Waals surface area contributed by atoms with Crippen molar-refractivity contribution < 1.29 is 18.7 Å². The lowest BCUT2D eigenvalue weighted by molar-refractivity contribution is -0.127. The van der Waals surface area contributed by atoms with Crippen LogP contribution >= 0.6 is 0 Å². The molecule has 4 bridgehead atoms. The Hall–Kier alpha value is -3.65. The van der Waals surface area contributed by atoms with E-state index in [9.17, 15) is 23.9 Å². The zero-order valence-electron chi connectivity index (χ0n) is 21.9. The number of amides is 1. The van der Waals surface area contributed by atoms with Crippen LogP contribution in [0, 0.1) is 23.2 Å². The number of nitrogens with zero attached hydrogens (tertiary/aromatic N) is 5. The molecule has 0 radical (unpaired) electrons. The van der Waals surface area contributed by atoms with Crippen molar-refractivity contribution in [3.63, 3.8) is 0 Å². The molecule has 11 heteroatoms. The molecule has 4 aliphatic carbocycles. The number of hydrogen-bond donors (Lipinski definition) is 3. The summed E-state index contributed by atoms with van der Waals surface area (Å²) >= 11 is 0. The molecule has 0 aromatic carbocycles. The van der Waals surface area contributed by atoms with E-state index in [1.165, 1.54) is 17.1 Å². The van der Waals surface area contributed by atoms with E-state index in [-0.39, 0.29) is 11.1 Å². The predicted molar refractivity (Wildman–Crippen MR) is 140 cm³/mol. The van der Waals surface area contributed by atoms with Gasteiger partial charge in [0.15, 0.2) is 17.6 Å². The average molecular weight is 536 g/mol. The first-order chi connectivity index (χ1) is 18.5. The zero-order valence-corrected chi connectivity index (χ0v) is 21.9. The van der Waals surface area contributed by atoms with Gasteiger partial charge in [0, 0.05) is 29.4 Å². The summed E-state index contributed by atoms with van der Waals surface area (Å²) in [5.41, 5.74) is -1.61. The zero-order chi connectivity index (χ0) is 27.6. The van der Waals surface area contributed by atoms with Crippen LogP contribution in [0.4, 0.5) is 14.5 Å². The van der Waals surface area contributed by atoms with Crippen LogP contribution in [0.3, 0.4) is 0 Å². The lowest BCUT2D eigenvalue weighted by Gasteiger charge is -2.60. The number of halogens is 2. The molecule has 3 heterocycles. The maximum Gasteiger partial charge on any atom is 0.255 e. The fraction of sp³-hybridized carbons (Fsp3) is 0.536. The highest BCUT2D eigenvalue weighted by Gasteiger charge is 2.57. The SMILES string of the molecule is CC(C)(F)[C@H](F)CNC(=O)c1cnc(-n2ncc3cc(C#N)cnc32)cc1NC12CC3CC(CC(O)(C3)C1)C2. The maximum absolute atomic E-state index is 14.3. The van der Waals surface area contributed by atoms with Crippen molar-refractivity contribution in [3.8, 4) is 11.9 Å². The van der Waals surface area contributed by atoms with Crippen molar-refractivity contribution in [2.24, 2.45) is 11.8 Å². The predicted octanol–water partition coefficient (Wildman–Crippen LogP) is 4.00. The second-order valence-electron chi connectivity index (χ2n) is 12.2. The normalized spacial score (nSPS) is 28.3. The van der Waals surface area contributed by atoms with Gasteiger partial charge in [-0.1, -0.05) is 0 Å². The molecular formula is C28H31F2N7O2. The van der Waals surface area contributed by atoms with E-state index in [2.05, 4.69) is 31.8 Å². The number of fused-ring (bicyclic) bond motifs is 1. The molecule has 1 amide bonds. The summed E-state index contributed by atoms with van der Waals surface area (Å²) in [5.74, 6) is 0.650. The van der Waals surface area contributed by atoms with Gasteiger partial charge in [0.25, 0.3) is 5.91 Å². The van der Waals surface area contributed by atoms with Crippen LogP contribution < -0.4 is 10.6 Å². The van der Waals surface area contributed by atoms with Gasteiger partial charge in [-0.05, 0) is 70.3 Å². The molecule has 7 rings (SSSR count). The summed E-state index contributed by atoms with van der Waals surface area (Å²) in [6, 6.07) is 5.45. The minimum Gasteiger partial charge on any atom is -0.390 e. The van der Waals surface area contributed by atoms with Gasteiger partial charge in [-0.25, -0.2) is 18.7 Å². The second kappa shape index (κ2) is 8.95. The number of anilines is 1. The van der Waals surface area contributed by atoms with E-state index in [4.69, 9.17) is 0 Å². The van der Waals surface area contributed by atoms with Crippen molar-refractivity contribution in [2.45, 2.75) is 75.4 Å². The van der Waals surface area contributed by atoms with Gasteiger partial charge in [0.2, 0.25) is 0 Å². The van der Waals surface area contributed by atoms with Gasteiger partial charge in [-0.3, -0.25) is 4.79 Å². The van der Waals surface area contributed by atoms with Crippen LogP contribution in [0.25, 0.3) is 16.9 Å². The standard InChI is InChI=1S/C28H31F2N7O2/c1-26(2,30)22(29)14-34-25(38)20-13-32-23(37-24-19(12-35-37)4-18(10-31)11-33-24)5-21(20)36-27-6-16-3-17(7-27)9-28(39,8-16)15-27/h4-5,11-13,16-17,22,39H,3,6-9,14-15H2,1-2H3,(H,32,36)(H,34,38)/t16?,17?,22-,27?,28?/m1/s1. The smallest absolute Gasteiger partial charge is 0.255 e. The van der Waals surface area contributed by atoms with Gasteiger partial charge in [0.1, 0.15) is 11.7 Å². The van der Waals surface area contributed by atoms with Crippen molar-refractivity contribution >= 4 is 22.6 Å². The fourth-order valence-electron chi connectivity index (χ4n) is 7.16. The van der Waals surface area contributed by atoms with Crippen LogP contribution in [-0.2, 0) is 0 Å². The number of alkyl halides is 2. The van der Waals surface area contributed by atoms with Gasteiger partial charge < -0.3 is 15.7 Å². The summed E-state index contributed by atoms with van der Waals surface area (Å²) in [4.78, 5) is 22.1. The Labute approximate surface area is 224 Å². The van der Waals surface area contributed by atoms with E-state index in [0.717, 1.165) is 46.0 Å². The quantitative estimate of drug-likeness (QED) is 0.417. The first-order valence-electron chi connectivity index (χ1n) is 13.3. The summed E-state index contributed by atoms with van der Waals surface area (Å²) in [6.07, 6.45) is 7.63. The third kappa shape index (κ3) is 4.71. The summed E-state index contributed by atoms with van der Waals surface area (Å²) in [6.45, 7) is 1.79. The highest BCUT2D eigenvalue weighted by Crippen LogP contribution is 2.58. The van der Waals surface area contributed by atoms with E-state index < -0.39 is 29.9 Å². The lowest BCUT2D eigenvalue weighted by atomic mass is 9.51. The van der Waals surface area contributed by atoms with E-state index in [1.807, 2.05) is 0 Å². The number of hydrogen-bond acceptors (Lipinski definition) is 7. The number of carbonyl (C=O) groups is 1.